The second kappa shape index (κ2) is 5.28. The molecule has 1 fully saturated rings. The second-order valence-corrected chi connectivity index (χ2v) is 4.75. The van der Waals surface area contributed by atoms with Crippen molar-refractivity contribution in [2.75, 3.05) is 13.1 Å². The zero-order valence-corrected chi connectivity index (χ0v) is 10.0. The summed E-state index contributed by atoms with van der Waals surface area (Å²) in [6.45, 7) is 0.219. The Morgan fingerprint density at radius 3 is 2.72 bits per heavy atom. The monoisotopic (exact) mass is 259 g/mol. The van der Waals surface area contributed by atoms with Crippen LogP contribution in [0.4, 0.5) is 13.2 Å². The van der Waals surface area contributed by atoms with Gasteiger partial charge >= 0.3 is 0 Å². The van der Waals surface area contributed by atoms with Gasteiger partial charge in [0.05, 0.1) is 13.2 Å². The van der Waals surface area contributed by atoms with Gasteiger partial charge in [-0.3, -0.25) is 4.90 Å². The topological polar surface area (TPSA) is 23.5 Å². The van der Waals surface area contributed by atoms with E-state index in [0.717, 1.165) is 0 Å². The number of aliphatic hydroxyl groups is 1. The lowest BCUT2D eigenvalue weighted by molar-refractivity contribution is -0.0663. The van der Waals surface area contributed by atoms with E-state index < -0.39 is 11.7 Å². The van der Waals surface area contributed by atoms with Gasteiger partial charge in [0.2, 0.25) is 0 Å². The van der Waals surface area contributed by atoms with Crippen molar-refractivity contribution in [2.45, 2.75) is 31.9 Å². The van der Waals surface area contributed by atoms with Crippen LogP contribution in [0.25, 0.3) is 0 Å². The average Bonchev–Trinajstić information content (AvgIpc) is 2.30. The quantitative estimate of drug-likeness (QED) is 0.901. The largest absolute Gasteiger partial charge is 0.392 e. The normalized spacial score (nSPS) is 20.0. The minimum Gasteiger partial charge on any atom is -0.392 e. The van der Waals surface area contributed by atoms with E-state index in [0.29, 0.717) is 24.1 Å². The lowest BCUT2D eigenvalue weighted by atomic mass is 10.1. The van der Waals surface area contributed by atoms with Crippen LogP contribution in [0.1, 0.15) is 24.0 Å². The van der Waals surface area contributed by atoms with E-state index in [1.807, 2.05) is 0 Å². The Kier molecular flexibility index (Phi) is 3.92. The molecule has 2 nitrogen and oxygen atoms in total. The molecule has 0 spiro atoms. The third kappa shape index (κ3) is 3.23. The molecule has 0 aromatic heterocycles. The van der Waals surface area contributed by atoms with Gasteiger partial charge in [-0.15, -0.1) is 0 Å². The summed E-state index contributed by atoms with van der Waals surface area (Å²) in [6, 6.07) is 4.41. The molecule has 0 aliphatic carbocycles. The number of halogens is 3. The molecule has 0 radical (unpaired) electrons. The first kappa shape index (κ1) is 13.4. The van der Waals surface area contributed by atoms with Crippen molar-refractivity contribution < 1.29 is 18.3 Å². The fourth-order valence-electron chi connectivity index (χ4n) is 2.24. The number of likely N-dealkylation sites (tertiary alicyclic amines) is 1. The zero-order chi connectivity index (χ0) is 13.2. The first-order valence-electron chi connectivity index (χ1n) is 5.98. The maximum atomic E-state index is 13.7. The van der Waals surface area contributed by atoms with Gasteiger partial charge in [-0.2, -0.15) is 0 Å². The molecule has 100 valence electrons. The predicted molar refractivity (Wildman–Crippen MR) is 61.8 cm³/mol. The average molecular weight is 259 g/mol. The van der Waals surface area contributed by atoms with Crippen molar-refractivity contribution in [3.63, 3.8) is 0 Å². The Morgan fingerprint density at radius 1 is 1.33 bits per heavy atom. The van der Waals surface area contributed by atoms with Crippen molar-refractivity contribution >= 4 is 0 Å². The van der Waals surface area contributed by atoms with Crippen LogP contribution in [-0.4, -0.2) is 29.0 Å². The lowest BCUT2D eigenvalue weighted by Gasteiger charge is -2.32. The highest BCUT2D eigenvalue weighted by Gasteiger charge is 2.35. The molecule has 0 saturated carbocycles. The third-order valence-electron chi connectivity index (χ3n) is 3.17. The Morgan fingerprint density at radius 2 is 2.11 bits per heavy atom. The summed E-state index contributed by atoms with van der Waals surface area (Å²) in [6.07, 6.45) is 0.346. The van der Waals surface area contributed by atoms with Crippen molar-refractivity contribution in [3.8, 4) is 0 Å². The Balaban J connectivity index is 2.05. The van der Waals surface area contributed by atoms with E-state index in [1.54, 1.807) is 17.0 Å². The molecule has 1 aliphatic heterocycles. The van der Waals surface area contributed by atoms with E-state index in [-0.39, 0.29) is 26.1 Å². The van der Waals surface area contributed by atoms with Crippen LogP contribution in [0.15, 0.2) is 18.2 Å². The van der Waals surface area contributed by atoms with Crippen molar-refractivity contribution in [2.24, 2.45) is 0 Å². The van der Waals surface area contributed by atoms with Crippen LogP contribution < -0.4 is 0 Å². The minimum atomic E-state index is -2.67. The molecule has 1 aromatic carbocycles. The van der Waals surface area contributed by atoms with Crippen LogP contribution in [0.2, 0.25) is 0 Å². The van der Waals surface area contributed by atoms with Crippen LogP contribution in [0.3, 0.4) is 0 Å². The van der Waals surface area contributed by atoms with Gasteiger partial charge in [0.25, 0.3) is 5.92 Å². The van der Waals surface area contributed by atoms with Gasteiger partial charge in [-0.1, -0.05) is 12.1 Å². The van der Waals surface area contributed by atoms with Crippen LogP contribution in [-0.2, 0) is 13.2 Å². The number of piperidine rings is 1. The minimum absolute atomic E-state index is 0.0879. The molecule has 2 rings (SSSR count). The summed E-state index contributed by atoms with van der Waals surface area (Å²) in [4.78, 5) is 1.57. The third-order valence-corrected chi connectivity index (χ3v) is 3.17. The maximum Gasteiger partial charge on any atom is 0.260 e. The van der Waals surface area contributed by atoms with Crippen LogP contribution in [0, 0.1) is 5.82 Å². The number of rotatable bonds is 3. The number of alkyl halides is 2. The van der Waals surface area contributed by atoms with Gasteiger partial charge in [0, 0.05) is 18.5 Å². The SMILES string of the molecule is OCc1ccc(CN2CCCC(F)(F)C2)c(F)c1. The molecule has 1 heterocycles. The molecular formula is C13H16F3NO. The molecule has 0 amide bonds. The first-order valence-corrected chi connectivity index (χ1v) is 5.98. The molecule has 1 N–H and O–H groups in total. The molecule has 0 bridgehead atoms. The summed E-state index contributed by atoms with van der Waals surface area (Å²) in [7, 11) is 0. The molecule has 5 heteroatoms. The molecular weight excluding hydrogens is 243 g/mol. The molecule has 18 heavy (non-hydrogen) atoms. The van der Waals surface area contributed by atoms with E-state index in [9.17, 15) is 13.2 Å². The van der Waals surface area contributed by atoms with Crippen molar-refractivity contribution in [1.29, 1.82) is 0 Å². The van der Waals surface area contributed by atoms with Crippen LogP contribution >= 0.6 is 0 Å². The van der Waals surface area contributed by atoms with E-state index in [4.69, 9.17) is 5.11 Å². The van der Waals surface area contributed by atoms with E-state index >= 15 is 0 Å². The number of nitrogens with zero attached hydrogens (tertiary/aromatic N) is 1. The molecule has 1 aromatic rings. The summed E-state index contributed by atoms with van der Waals surface area (Å²) < 4.78 is 40.1. The van der Waals surface area contributed by atoms with E-state index in [1.165, 1.54) is 6.07 Å². The Bertz CT molecular complexity index is 423. The second-order valence-electron chi connectivity index (χ2n) is 4.75. The summed E-state index contributed by atoms with van der Waals surface area (Å²) in [5.74, 6) is -3.12. The molecule has 1 aliphatic rings. The number of benzene rings is 1. The van der Waals surface area contributed by atoms with Gasteiger partial charge in [-0.25, -0.2) is 13.2 Å². The highest BCUT2D eigenvalue weighted by molar-refractivity contribution is 5.24. The van der Waals surface area contributed by atoms with Crippen molar-refractivity contribution in [1.82, 2.24) is 4.90 Å². The highest BCUT2D eigenvalue weighted by atomic mass is 19.3. The summed E-state index contributed by atoms with van der Waals surface area (Å²) >= 11 is 0. The number of hydrogen-bond donors (Lipinski definition) is 1. The smallest absolute Gasteiger partial charge is 0.260 e. The number of aliphatic hydroxyl groups excluding tert-OH is 1. The van der Waals surface area contributed by atoms with Gasteiger partial charge < -0.3 is 5.11 Å². The number of hydrogen-bond acceptors (Lipinski definition) is 2. The summed E-state index contributed by atoms with van der Waals surface area (Å²) in [5, 5.41) is 8.87. The lowest BCUT2D eigenvalue weighted by Crippen LogP contribution is -2.42. The Labute approximate surface area is 104 Å². The fourth-order valence-corrected chi connectivity index (χ4v) is 2.24. The molecule has 1 saturated heterocycles. The summed E-state index contributed by atoms with van der Waals surface area (Å²) in [5.41, 5.74) is 0.880. The molecule has 0 unspecified atom stereocenters. The fraction of sp³-hybridized carbons (Fsp3) is 0.538. The standard InChI is InChI=1S/C13H16F3NO/c14-12-6-10(8-18)2-3-11(12)7-17-5-1-4-13(15,16)9-17/h2-3,6,18H,1,4-5,7-9H2. The van der Waals surface area contributed by atoms with Gasteiger partial charge in [0.1, 0.15) is 5.82 Å². The van der Waals surface area contributed by atoms with E-state index in [2.05, 4.69) is 0 Å². The van der Waals surface area contributed by atoms with Gasteiger partial charge in [0.15, 0.2) is 0 Å². The van der Waals surface area contributed by atoms with Crippen LogP contribution in [0.5, 0.6) is 0 Å². The predicted octanol–water partition coefficient (Wildman–Crippen LogP) is 2.55. The highest BCUT2D eigenvalue weighted by Crippen LogP contribution is 2.27. The first-order chi connectivity index (χ1) is 8.50. The van der Waals surface area contributed by atoms with Gasteiger partial charge in [-0.05, 0) is 24.6 Å². The Hall–Kier alpha value is -1.07. The zero-order valence-electron chi connectivity index (χ0n) is 10.0. The molecule has 0 atom stereocenters. The maximum absolute atomic E-state index is 13.7. The van der Waals surface area contributed by atoms with Crippen molar-refractivity contribution in [3.05, 3.63) is 35.1 Å².